The SMILES string of the molecule is COc1c(C[C@H]2CO2)cccc1Oc1cccc(C[C@H]2CO2)c1OC. The second-order valence-corrected chi connectivity index (χ2v) is 6.32. The van der Waals surface area contributed by atoms with Gasteiger partial charge in [-0.2, -0.15) is 0 Å². The van der Waals surface area contributed by atoms with E-state index < -0.39 is 0 Å². The zero-order valence-corrected chi connectivity index (χ0v) is 14.5. The van der Waals surface area contributed by atoms with Crippen molar-refractivity contribution in [3.63, 3.8) is 0 Å². The first kappa shape index (κ1) is 16.2. The van der Waals surface area contributed by atoms with Crippen LogP contribution < -0.4 is 14.2 Å². The lowest BCUT2D eigenvalue weighted by atomic mass is 10.1. The van der Waals surface area contributed by atoms with Gasteiger partial charge in [0, 0.05) is 24.0 Å². The molecule has 0 bridgehead atoms. The van der Waals surface area contributed by atoms with Gasteiger partial charge in [-0.05, 0) is 12.1 Å². The molecule has 5 nitrogen and oxygen atoms in total. The third-order valence-corrected chi connectivity index (χ3v) is 4.45. The van der Waals surface area contributed by atoms with E-state index in [0.717, 1.165) is 48.7 Å². The first-order valence-corrected chi connectivity index (χ1v) is 8.51. The lowest BCUT2D eigenvalue weighted by molar-refractivity contribution is 0.347. The molecule has 2 aliphatic heterocycles. The van der Waals surface area contributed by atoms with E-state index in [1.54, 1.807) is 14.2 Å². The molecule has 0 N–H and O–H groups in total. The highest BCUT2D eigenvalue weighted by atomic mass is 16.6. The van der Waals surface area contributed by atoms with Gasteiger partial charge in [0.1, 0.15) is 0 Å². The molecule has 0 aromatic heterocycles. The first-order valence-electron chi connectivity index (χ1n) is 8.51. The summed E-state index contributed by atoms with van der Waals surface area (Å²) in [6.45, 7) is 1.63. The number of para-hydroxylation sites is 2. The summed E-state index contributed by atoms with van der Waals surface area (Å²) in [6, 6.07) is 11.9. The van der Waals surface area contributed by atoms with Crippen molar-refractivity contribution in [1.82, 2.24) is 0 Å². The molecule has 2 atom stereocenters. The van der Waals surface area contributed by atoms with Crippen LogP contribution >= 0.6 is 0 Å². The van der Waals surface area contributed by atoms with E-state index in [9.17, 15) is 0 Å². The molecule has 2 heterocycles. The fourth-order valence-corrected chi connectivity index (χ4v) is 3.05. The Morgan fingerprint density at radius 3 is 1.60 bits per heavy atom. The monoisotopic (exact) mass is 342 g/mol. The van der Waals surface area contributed by atoms with E-state index in [-0.39, 0.29) is 0 Å². The number of benzene rings is 2. The summed E-state index contributed by atoms with van der Waals surface area (Å²) in [5.74, 6) is 2.85. The third-order valence-electron chi connectivity index (χ3n) is 4.45. The van der Waals surface area contributed by atoms with Crippen LogP contribution in [0.4, 0.5) is 0 Å². The van der Waals surface area contributed by atoms with Gasteiger partial charge in [-0.1, -0.05) is 24.3 Å². The van der Waals surface area contributed by atoms with E-state index in [1.165, 1.54) is 0 Å². The Hall–Kier alpha value is -2.24. The van der Waals surface area contributed by atoms with Crippen LogP contribution in [0.3, 0.4) is 0 Å². The zero-order valence-electron chi connectivity index (χ0n) is 14.5. The van der Waals surface area contributed by atoms with Gasteiger partial charge in [0.25, 0.3) is 0 Å². The van der Waals surface area contributed by atoms with Crippen molar-refractivity contribution in [3.05, 3.63) is 47.5 Å². The summed E-state index contributed by atoms with van der Waals surface area (Å²) in [5.41, 5.74) is 2.17. The minimum Gasteiger partial charge on any atom is -0.493 e. The maximum absolute atomic E-state index is 6.18. The van der Waals surface area contributed by atoms with Crippen LogP contribution in [0.1, 0.15) is 11.1 Å². The van der Waals surface area contributed by atoms with Crippen molar-refractivity contribution >= 4 is 0 Å². The Morgan fingerprint density at radius 2 is 1.24 bits per heavy atom. The Bertz CT molecular complexity index is 686. The molecule has 2 fully saturated rings. The van der Waals surface area contributed by atoms with Gasteiger partial charge in [0.05, 0.1) is 39.6 Å². The predicted molar refractivity (Wildman–Crippen MR) is 93.0 cm³/mol. The van der Waals surface area contributed by atoms with Gasteiger partial charge in [-0.15, -0.1) is 0 Å². The lowest BCUT2D eigenvalue weighted by Crippen LogP contribution is -2.01. The molecule has 0 unspecified atom stereocenters. The van der Waals surface area contributed by atoms with Crippen molar-refractivity contribution in [2.45, 2.75) is 25.0 Å². The van der Waals surface area contributed by atoms with Crippen LogP contribution in [0.5, 0.6) is 23.0 Å². The second kappa shape index (κ2) is 6.94. The minimum absolute atomic E-state index is 0.292. The third kappa shape index (κ3) is 3.72. The quantitative estimate of drug-likeness (QED) is 0.689. The molecular formula is C20H22O5. The maximum Gasteiger partial charge on any atom is 0.169 e. The van der Waals surface area contributed by atoms with Crippen molar-refractivity contribution in [2.24, 2.45) is 0 Å². The summed E-state index contributed by atoms with van der Waals surface area (Å²) in [4.78, 5) is 0. The Kier molecular flexibility index (Phi) is 4.51. The lowest BCUT2D eigenvalue weighted by Gasteiger charge is -2.17. The van der Waals surface area contributed by atoms with Gasteiger partial charge in [-0.3, -0.25) is 0 Å². The molecule has 25 heavy (non-hydrogen) atoms. The van der Waals surface area contributed by atoms with E-state index in [0.29, 0.717) is 23.7 Å². The highest BCUT2D eigenvalue weighted by Gasteiger charge is 2.27. The first-order chi connectivity index (χ1) is 12.3. The van der Waals surface area contributed by atoms with Crippen molar-refractivity contribution in [3.8, 4) is 23.0 Å². The summed E-state index contributed by atoms with van der Waals surface area (Å²) >= 11 is 0. The van der Waals surface area contributed by atoms with Crippen LogP contribution in [0.15, 0.2) is 36.4 Å². The minimum atomic E-state index is 0.292. The molecule has 0 aliphatic carbocycles. The van der Waals surface area contributed by atoms with Crippen LogP contribution in [0.2, 0.25) is 0 Å². The molecule has 0 spiro atoms. The molecule has 5 heteroatoms. The smallest absolute Gasteiger partial charge is 0.169 e. The maximum atomic E-state index is 6.18. The number of ether oxygens (including phenoxy) is 5. The molecule has 2 aromatic rings. The Morgan fingerprint density at radius 1 is 0.800 bits per heavy atom. The van der Waals surface area contributed by atoms with Crippen LogP contribution in [-0.2, 0) is 22.3 Å². The molecule has 0 amide bonds. The van der Waals surface area contributed by atoms with E-state index in [2.05, 4.69) is 0 Å². The van der Waals surface area contributed by atoms with Crippen molar-refractivity contribution in [1.29, 1.82) is 0 Å². The van der Waals surface area contributed by atoms with E-state index in [4.69, 9.17) is 23.7 Å². The second-order valence-electron chi connectivity index (χ2n) is 6.32. The molecule has 4 rings (SSSR count). The molecular weight excluding hydrogens is 320 g/mol. The molecule has 0 saturated carbocycles. The number of rotatable bonds is 8. The highest BCUT2D eigenvalue weighted by molar-refractivity contribution is 5.53. The number of methoxy groups -OCH3 is 2. The number of hydrogen-bond acceptors (Lipinski definition) is 5. The van der Waals surface area contributed by atoms with Crippen molar-refractivity contribution in [2.75, 3.05) is 27.4 Å². The highest BCUT2D eigenvalue weighted by Crippen LogP contribution is 2.41. The largest absolute Gasteiger partial charge is 0.493 e. The summed E-state index contributed by atoms with van der Waals surface area (Å²) in [6.07, 6.45) is 2.24. The molecule has 0 radical (unpaired) electrons. The predicted octanol–water partition coefficient (Wildman–Crippen LogP) is 3.38. The van der Waals surface area contributed by atoms with Gasteiger partial charge in [0.2, 0.25) is 0 Å². The van der Waals surface area contributed by atoms with Crippen LogP contribution in [-0.4, -0.2) is 39.6 Å². The summed E-state index contributed by atoms with van der Waals surface area (Å²) in [5, 5.41) is 0. The zero-order chi connectivity index (χ0) is 17.2. The Balaban J connectivity index is 1.62. The van der Waals surface area contributed by atoms with Gasteiger partial charge >= 0.3 is 0 Å². The van der Waals surface area contributed by atoms with Gasteiger partial charge in [0.15, 0.2) is 23.0 Å². The van der Waals surface area contributed by atoms with E-state index >= 15 is 0 Å². The molecule has 2 saturated heterocycles. The fraction of sp³-hybridized carbons (Fsp3) is 0.400. The molecule has 132 valence electrons. The fourth-order valence-electron chi connectivity index (χ4n) is 3.05. The number of hydrogen-bond donors (Lipinski definition) is 0. The van der Waals surface area contributed by atoms with Crippen LogP contribution in [0, 0.1) is 0 Å². The van der Waals surface area contributed by atoms with Gasteiger partial charge in [-0.25, -0.2) is 0 Å². The summed E-state index contributed by atoms with van der Waals surface area (Å²) in [7, 11) is 3.33. The normalized spacial score (nSPS) is 20.9. The number of epoxide rings is 2. The van der Waals surface area contributed by atoms with E-state index in [1.807, 2.05) is 36.4 Å². The average molecular weight is 342 g/mol. The standard InChI is InChI=1S/C20H22O5/c1-21-19-13(9-15-11-23-15)5-3-7-17(19)25-18-8-4-6-14(20(18)22-2)10-16-12-24-16/h3-8,15-16H,9-12H2,1-2H3/t15-,16-/m0/s1. The van der Waals surface area contributed by atoms with Gasteiger partial charge < -0.3 is 23.7 Å². The topological polar surface area (TPSA) is 52.8 Å². The molecule has 2 aromatic carbocycles. The Labute approximate surface area is 147 Å². The summed E-state index contributed by atoms with van der Waals surface area (Å²) < 4.78 is 28.1. The van der Waals surface area contributed by atoms with Crippen molar-refractivity contribution < 1.29 is 23.7 Å². The average Bonchev–Trinajstić information content (AvgIpc) is 3.52. The van der Waals surface area contributed by atoms with Crippen LogP contribution in [0.25, 0.3) is 0 Å². The molecule has 2 aliphatic rings.